The summed E-state index contributed by atoms with van der Waals surface area (Å²) < 4.78 is 41.2. The summed E-state index contributed by atoms with van der Waals surface area (Å²) in [5.74, 6) is -0.998. The van der Waals surface area contributed by atoms with Crippen LogP contribution in [0.1, 0.15) is 5.56 Å². The fourth-order valence-corrected chi connectivity index (χ4v) is 4.34. The Balaban J connectivity index is 1.81. The number of hydrogen-bond donors (Lipinski definition) is 1. The van der Waals surface area contributed by atoms with Crippen LogP contribution in [0.25, 0.3) is 0 Å². The number of rotatable bonds is 7. The number of hydrazone groups is 1. The first-order chi connectivity index (χ1) is 14.4. The molecule has 6 nitrogen and oxygen atoms in total. The summed E-state index contributed by atoms with van der Waals surface area (Å²) in [6.45, 7) is -0.460. The van der Waals surface area contributed by atoms with Crippen LogP contribution in [0.15, 0.2) is 88.9 Å². The van der Waals surface area contributed by atoms with E-state index in [-0.39, 0.29) is 10.7 Å². The lowest BCUT2D eigenvalue weighted by atomic mass is 10.2. The number of halogens is 2. The lowest BCUT2D eigenvalue weighted by molar-refractivity contribution is -0.119. The first-order valence-electron chi connectivity index (χ1n) is 8.77. The molecule has 0 unspecified atom stereocenters. The Morgan fingerprint density at radius 2 is 1.63 bits per heavy atom. The van der Waals surface area contributed by atoms with Crippen LogP contribution in [0.4, 0.5) is 10.1 Å². The van der Waals surface area contributed by atoms with Crippen LogP contribution in [0, 0.1) is 9.39 Å². The number of benzene rings is 3. The second-order valence-electron chi connectivity index (χ2n) is 6.15. The van der Waals surface area contributed by atoms with E-state index >= 15 is 0 Å². The second kappa shape index (κ2) is 9.81. The molecule has 0 spiro atoms. The van der Waals surface area contributed by atoms with Crippen LogP contribution in [0.5, 0.6) is 0 Å². The maximum Gasteiger partial charge on any atom is 0.264 e. The topological polar surface area (TPSA) is 78.8 Å². The minimum atomic E-state index is -3.97. The third-order valence-corrected chi connectivity index (χ3v) is 6.51. The van der Waals surface area contributed by atoms with Crippen molar-refractivity contribution in [3.05, 3.63) is 93.8 Å². The van der Waals surface area contributed by atoms with Gasteiger partial charge in [0.1, 0.15) is 12.4 Å². The average molecular weight is 537 g/mol. The van der Waals surface area contributed by atoms with Crippen molar-refractivity contribution < 1.29 is 17.6 Å². The molecule has 3 aromatic rings. The minimum absolute atomic E-state index is 0.0752. The summed E-state index contributed by atoms with van der Waals surface area (Å²) >= 11 is 2.11. The van der Waals surface area contributed by atoms with E-state index in [1.165, 1.54) is 42.6 Å². The molecule has 30 heavy (non-hydrogen) atoms. The molecule has 0 saturated heterocycles. The maximum atomic E-state index is 13.2. The van der Waals surface area contributed by atoms with E-state index in [4.69, 9.17) is 0 Å². The zero-order valence-corrected chi connectivity index (χ0v) is 18.5. The fourth-order valence-electron chi connectivity index (χ4n) is 2.54. The smallest absolute Gasteiger partial charge is 0.264 e. The van der Waals surface area contributed by atoms with Crippen LogP contribution in [0.2, 0.25) is 0 Å². The zero-order valence-electron chi connectivity index (χ0n) is 15.6. The molecule has 0 atom stereocenters. The fraction of sp³-hybridized carbons (Fsp3) is 0.0476. The van der Waals surface area contributed by atoms with Crippen molar-refractivity contribution in [3.63, 3.8) is 0 Å². The molecule has 0 bridgehead atoms. The van der Waals surface area contributed by atoms with Gasteiger partial charge in [-0.2, -0.15) is 5.10 Å². The van der Waals surface area contributed by atoms with Crippen LogP contribution >= 0.6 is 22.6 Å². The molecule has 0 aromatic heterocycles. The minimum Gasteiger partial charge on any atom is -0.271 e. The molecule has 0 heterocycles. The lowest BCUT2D eigenvalue weighted by Gasteiger charge is -2.23. The number of hydrogen-bond acceptors (Lipinski definition) is 4. The molecule has 0 fully saturated rings. The van der Waals surface area contributed by atoms with Crippen molar-refractivity contribution in [3.8, 4) is 0 Å². The highest BCUT2D eigenvalue weighted by Crippen LogP contribution is 2.24. The van der Waals surface area contributed by atoms with Crippen molar-refractivity contribution in [2.24, 2.45) is 5.10 Å². The normalized spacial score (nSPS) is 11.4. The SMILES string of the molecule is O=C(CN(c1ccc(I)cc1)S(=O)(=O)c1ccccc1)N/N=C\c1ccc(F)cc1. The monoisotopic (exact) mass is 537 g/mol. The van der Waals surface area contributed by atoms with E-state index in [1.54, 1.807) is 42.5 Å². The molecule has 0 radical (unpaired) electrons. The standard InChI is InChI=1S/C21H17FIN3O3S/c22-17-8-6-16(7-9-17)14-24-25-21(27)15-26(19-12-10-18(23)11-13-19)30(28,29)20-4-2-1-3-5-20/h1-14H,15H2,(H,25,27)/b24-14-. The molecule has 0 aliphatic heterocycles. The summed E-state index contributed by atoms with van der Waals surface area (Å²) in [7, 11) is -3.97. The Hall–Kier alpha value is -2.79. The molecule has 0 aliphatic carbocycles. The Kier molecular flexibility index (Phi) is 7.16. The largest absolute Gasteiger partial charge is 0.271 e. The Labute approximate surface area is 187 Å². The first-order valence-corrected chi connectivity index (χ1v) is 11.3. The van der Waals surface area contributed by atoms with E-state index in [0.717, 1.165) is 7.88 Å². The predicted octanol–water partition coefficient (Wildman–Crippen LogP) is 3.78. The van der Waals surface area contributed by atoms with Crippen molar-refractivity contribution in [1.82, 2.24) is 5.43 Å². The van der Waals surface area contributed by atoms with Crippen LogP contribution in [0.3, 0.4) is 0 Å². The van der Waals surface area contributed by atoms with E-state index in [2.05, 4.69) is 33.1 Å². The Bertz CT molecular complexity index is 1140. The van der Waals surface area contributed by atoms with Crippen LogP contribution < -0.4 is 9.73 Å². The van der Waals surface area contributed by atoms with Crippen molar-refractivity contribution in [1.29, 1.82) is 0 Å². The third-order valence-electron chi connectivity index (χ3n) is 4.01. The van der Waals surface area contributed by atoms with Crippen LogP contribution in [-0.4, -0.2) is 27.1 Å². The summed E-state index contributed by atoms with van der Waals surface area (Å²) in [5.41, 5.74) is 3.25. The Morgan fingerprint density at radius 3 is 2.27 bits per heavy atom. The van der Waals surface area contributed by atoms with Gasteiger partial charge in [-0.1, -0.05) is 30.3 Å². The number of carbonyl (C=O) groups is 1. The number of sulfonamides is 1. The van der Waals surface area contributed by atoms with Gasteiger partial charge in [-0.15, -0.1) is 0 Å². The van der Waals surface area contributed by atoms with E-state index in [9.17, 15) is 17.6 Å². The zero-order chi connectivity index (χ0) is 21.6. The maximum absolute atomic E-state index is 13.2. The van der Waals surface area contributed by atoms with Crippen LogP contribution in [-0.2, 0) is 14.8 Å². The molecular formula is C21H17FIN3O3S. The van der Waals surface area contributed by atoms with Gasteiger partial charge in [0.05, 0.1) is 16.8 Å². The third kappa shape index (κ3) is 5.63. The summed E-state index contributed by atoms with van der Waals surface area (Å²) in [6, 6.07) is 20.2. The highest BCUT2D eigenvalue weighted by molar-refractivity contribution is 14.1. The summed E-state index contributed by atoms with van der Waals surface area (Å²) in [6.07, 6.45) is 1.35. The van der Waals surface area contributed by atoms with Gasteiger partial charge in [0.15, 0.2) is 0 Å². The molecule has 154 valence electrons. The highest BCUT2D eigenvalue weighted by Gasteiger charge is 2.27. The highest BCUT2D eigenvalue weighted by atomic mass is 127. The van der Waals surface area contributed by atoms with Gasteiger partial charge in [-0.25, -0.2) is 18.2 Å². The number of anilines is 1. The number of nitrogens with one attached hydrogen (secondary N) is 1. The summed E-state index contributed by atoms with van der Waals surface area (Å²) in [4.78, 5) is 12.5. The summed E-state index contributed by atoms with van der Waals surface area (Å²) in [5, 5.41) is 3.82. The molecule has 3 rings (SSSR count). The van der Waals surface area contributed by atoms with Gasteiger partial charge in [-0.3, -0.25) is 9.10 Å². The second-order valence-corrected chi connectivity index (χ2v) is 9.25. The van der Waals surface area contributed by atoms with Gasteiger partial charge in [0.25, 0.3) is 15.9 Å². The molecule has 0 saturated carbocycles. The van der Waals surface area contributed by atoms with Crippen molar-refractivity contribution in [2.45, 2.75) is 4.90 Å². The predicted molar refractivity (Wildman–Crippen MR) is 122 cm³/mol. The van der Waals surface area contributed by atoms with Gasteiger partial charge in [0.2, 0.25) is 0 Å². The van der Waals surface area contributed by atoms with E-state index in [0.29, 0.717) is 11.3 Å². The van der Waals surface area contributed by atoms with Gasteiger partial charge >= 0.3 is 0 Å². The van der Waals surface area contributed by atoms with Gasteiger partial charge < -0.3 is 0 Å². The van der Waals surface area contributed by atoms with Gasteiger partial charge in [0, 0.05) is 3.57 Å². The molecular weight excluding hydrogens is 520 g/mol. The molecule has 3 aromatic carbocycles. The lowest BCUT2D eigenvalue weighted by Crippen LogP contribution is -2.39. The molecule has 1 amide bonds. The molecule has 9 heteroatoms. The van der Waals surface area contributed by atoms with Crippen molar-refractivity contribution in [2.75, 3.05) is 10.8 Å². The van der Waals surface area contributed by atoms with E-state index < -0.39 is 22.5 Å². The average Bonchev–Trinajstić information content (AvgIpc) is 2.75. The number of nitrogens with zero attached hydrogens (tertiary/aromatic N) is 2. The van der Waals surface area contributed by atoms with Crippen molar-refractivity contribution >= 4 is 50.4 Å². The first kappa shape index (κ1) is 21.9. The Morgan fingerprint density at radius 1 is 1.00 bits per heavy atom. The van der Waals surface area contributed by atoms with Gasteiger partial charge in [-0.05, 0) is 76.7 Å². The number of amides is 1. The van der Waals surface area contributed by atoms with E-state index in [1.807, 2.05) is 0 Å². The quantitative estimate of drug-likeness (QED) is 0.283. The molecule has 0 aliphatic rings. The molecule has 1 N–H and O–H groups in total. The number of carbonyl (C=O) groups excluding carboxylic acids is 1.